The van der Waals surface area contributed by atoms with Crippen molar-refractivity contribution in [1.29, 1.82) is 0 Å². The number of anilines is 2. The zero-order valence-electron chi connectivity index (χ0n) is 21.4. The van der Waals surface area contributed by atoms with E-state index < -0.39 is 0 Å². The van der Waals surface area contributed by atoms with E-state index in [0.717, 1.165) is 11.3 Å². The lowest BCUT2D eigenvalue weighted by atomic mass is 9.92. The first-order valence-electron chi connectivity index (χ1n) is 11.8. The van der Waals surface area contributed by atoms with Gasteiger partial charge in [0.2, 0.25) is 5.91 Å². The number of nitrogens with zero attached hydrogens (tertiary/aromatic N) is 2. The van der Waals surface area contributed by atoms with Crippen LogP contribution in [0.2, 0.25) is 5.02 Å². The Hall–Kier alpha value is -3.38. The van der Waals surface area contributed by atoms with Crippen LogP contribution in [0.3, 0.4) is 0 Å². The van der Waals surface area contributed by atoms with Gasteiger partial charge in [0.25, 0.3) is 5.91 Å². The first-order chi connectivity index (χ1) is 16.9. The summed E-state index contributed by atoms with van der Waals surface area (Å²) in [7, 11) is 3.84. The van der Waals surface area contributed by atoms with E-state index >= 15 is 0 Å². The SMILES string of the molecule is CN(C)c1ccc(NC(=O)CC(C)(C)C)cc1CN(Cc1cccc(F)c1)C(=O)c1ccccc1Cl. The third kappa shape index (κ3) is 7.56. The molecule has 2 amide bonds. The summed E-state index contributed by atoms with van der Waals surface area (Å²) in [6.45, 7) is 6.46. The van der Waals surface area contributed by atoms with Gasteiger partial charge >= 0.3 is 0 Å². The van der Waals surface area contributed by atoms with Crippen molar-refractivity contribution in [3.63, 3.8) is 0 Å². The highest BCUT2D eigenvalue weighted by Crippen LogP contribution is 2.28. The van der Waals surface area contributed by atoms with Crippen LogP contribution in [-0.4, -0.2) is 30.8 Å². The summed E-state index contributed by atoms with van der Waals surface area (Å²) in [4.78, 5) is 29.8. The van der Waals surface area contributed by atoms with E-state index in [2.05, 4.69) is 5.32 Å². The van der Waals surface area contributed by atoms with E-state index in [4.69, 9.17) is 11.6 Å². The fraction of sp³-hybridized carbons (Fsp3) is 0.310. The van der Waals surface area contributed by atoms with E-state index in [1.807, 2.05) is 58.0 Å². The van der Waals surface area contributed by atoms with Gasteiger partial charge in [0.1, 0.15) is 5.82 Å². The van der Waals surface area contributed by atoms with Gasteiger partial charge in [0.05, 0.1) is 10.6 Å². The summed E-state index contributed by atoms with van der Waals surface area (Å²) in [5, 5.41) is 3.32. The predicted octanol–water partition coefficient (Wildman–Crippen LogP) is 6.76. The summed E-state index contributed by atoms with van der Waals surface area (Å²) in [5.74, 6) is -0.707. The van der Waals surface area contributed by atoms with Gasteiger partial charge in [-0.3, -0.25) is 9.59 Å². The second kappa shape index (κ2) is 11.6. The van der Waals surface area contributed by atoms with Crippen molar-refractivity contribution in [1.82, 2.24) is 4.90 Å². The highest BCUT2D eigenvalue weighted by atomic mass is 35.5. The third-order valence-electron chi connectivity index (χ3n) is 5.55. The molecular formula is C29H33ClFN3O2. The highest BCUT2D eigenvalue weighted by Gasteiger charge is 2.22. The molecule has 0 aliphatic rings. The van der Waals surface area contributed by atoms with Crippen molar-refractivity contribution >= 4 is 34.8 Å². The van der Waals surface area contributed by atoms with Crippen molar-refractivity contribution in [3.8, 4) is 0 Å². The number of halogens is 2. The Morgan fingerprint density at radius 1 is 0.944 bits per heavy atom. The van der Waals surface area contributed by atoms with Crippen molar-refractivity contribution in [2.24, 2.45) is 5.41 Å². The Bertz CT molecular complexity index is 1240. The number of nitrogens with one attached hydrogen (secondary N) is 1. The van der Waals surface area contributed by atoms with Crippen molar-refractivity contribution in [3.05, 3.63) is 94.3 Å². The molecule has 0 atom stereocenters. The quantitative estimate of drug-likeness (QED) is 0.365. The molecule has 0 saturated carbocycles. The molecule has 36 heavy (non-hydrogen) atoms. The maximum absolute atomic E-state index is 13.9. The van der Waals surface area contributed by atoms with Gasteiger partial charge < -0.3 is 15.1 Å². The number of carbonyl (C=O) groups is 2. The van der Waals surface area contributed by atoms with Crippen molar-refractivity contribution in [2.75, 3.05) is 24.3 Å². The molecule has 0 radical (unpaired) electrons. The zero-order valence-corrected chi connectivity index (χ0v) is 22.2. The minimum Gasteiger partial charge on any atom is -0.377 e. The Labute approximate surface area is 217 Å². The molecule has 0 bridgehead atoms. The second-order valence-electron chi connectivity index (χ2n) is 10.3. The smallest absolute Gasteiger partial charge is 0.255 e. The molecule has 0 fully saturated rings. The van der Waals surface area contributed by atoms with Crippen LogP contribution in [0.5, 0.6) is 0 Å². The summed E-state index contributed by atoms with van der Waals surface area (Å²) < 4.78 is 13.9. The monoisotopic (exact) mass is 509 g/mol. The van der Waals surface area contributed by atoms with E-state index in [-0.39, 0.29) is 36.1 Å². The molecule has 3 rings (SSSR count). The zero-order chi connectivity index (χ0) is 26.5. The molecule has 0 saturated heterocycles. The molecule has 5 nitrogen and oxygen atoms in total. The summed E-state index contributed by atoms with van der Waals surface area (Å²) in [6.07, 6.45) is 0.383. The Kier molecular flexibility index (Phi) is 8.75. The molecule has 190 valence electrons. The summed E-state index contributed by atoms with van der Waals surface area (Å²) >= 11 is 6.35. The summed E-state index contributed by atoms with van der Waals surface area (Å²) in [6, 6.07) is 18.7. The number of amides is 2. The van der Waals surface area contributed by atoms with Gasteiger partial charge in [0.15, 0.2) is 0 Å². The molecule has 3 aromatic carbocycles. The minimum absolute atomic E-state index is 0.0742. The van der Waals surface area contributed by atoms with Crippen LogP contribution in [0.15, 0.2) is 66.7 Å². The van der Waals surface area contributed by atoms with E-state index in [1.54, 1.807) is 41.3 Å². The Morgan fingerprint density at radius 2 is 1.67 bits per heavy atom. The highest BCUT2D eigenvalue weighted by molar-refractivity contribution is 6.33. The van der Waals surface area contributed by atoms with E-state index in [9.17, 15) is 14.0 Å². The third-order valence-corrected chi connectivity index (χ3v) is 5.88. The van der Waals surface area contributed by atoms with Crippen molar-refractivity contribution < 1.29 is 14.0 Å². The van der Waals surface area contributed by atoms with Crippen LogP contribution in [0.1, 0.15) is 48.7 Å². The summed E-state index contributed by atoms with van der Waals surface area (Å²) in [5.41, 5.74) is 3.29. The Balaban J connectivity index is 1.98. The van der Waals surface area contributed by atoms with Gasteiger partial charge in [-0.05, 0) is 59.0 Å². The topological polar surface area (TPSA) is 52.7 Å². The Morgan fingerprint density at radius 3 is 2.31 bits per heavy atom. The van der Waals surface area contributed by atoms with Gasteiger partial charge in [-0.2, -0.15) is 0 Å². The number of hydrogen-bond donors (Lipinski definition) is 1. The van der Waals surface area contributed by atoms with Gasteiger partial charge in [-0.1, -0.05) is 56.6 Å². The fourth-order valence-corrected chi connectivity index (χ4v) is 4.20. The van der Waals surface area contributed by atoms with Gasteiger partial charge in [-0.25, -0.2) is 4.39 Å². The molecule has 1 N–H and O–H groups in total. The largest absolute Gasteiger partial charge is 0.377 e. The lowest BCUT2D eigenvalue weighted by Gasteiger charge is -2.27. The number of rotatable bonds is 8. The predicted molar refractivity (Wildman–Crippen MR) is 145 cm³/mol. The average molecular weight is 510 g/mol. The van der Waals surface area contributed by atoms with Gasteiger partial charge in [0, 0.05) is 45.0 Å². The lowest BCUT2D eigenvalue weighted by Crippen LogP contribution is -2.31. The second-order valence-corrected chi connectivity index (χ2v) is 10.7. The average Bonchev–Trinajstić information content (AvgIpc) is 2.77. The first-order valence-corrected chi connectivity index (χ1v) is 12.2. The molecular weight excluding hydrogens is 477 g/mol. The van der Waals surface area contributed by atoms with E-state index in [0.29, 0.717) is 28.3 Å². The standard InChI is InChI=1S/C29H33ClFN3O2/c1-29(2,3)17-27(35)32-23-13-14-26(33(4)5)21(16-23)19-34(18-20-9-8-10-22(31)15-20)28(36)24-11-6-7-12-25(24)30/h6-16H,17-19H2,1-5H3,(H,32,35). The maximum Gasteiger partial charge on any atom is 0.255 e. The van der Waals surface area contributed by atoms with Crippen LogP contribution in [0, 0.1) is 11.2 Å². The molecule has 0 aliphatic heterocycles. The molecule has 0 aliphatic carbocycles. The van der Waals surface area contributed by atoms with Crippen LogP contribution < -0.4 is 10.2 Å². The molecule has 0 spiro atoms. The number of carbonyl (C=O) groups excluding carboxylic acids is 2. The van der Waals surface area contributed by atoms with Crippen LogP contribution in [0.4, 0.5) is 15.8 Å². The van der Waals surface area contributed by atoms with Crippen LogP contribution in [-0.2, 0) is 17.9 Å². The molecule has 7 heteroatoms. The van der Waals surface area contributed by atoms with Crippen molar-refractivity contribution in [2.45, 2.75) is 40.3 Å². The van der Waals surface area contributed by atoms with Crippen LogP contribution in [0.25, 0.3) is 0 Å². The minimum atomic E-state index is -0.366. The number of hydrogen-bond acceptors (Lipinski definition) is 3. The molecule has 0 unspecified atom stereocenters. The van der Waals surface area contributed by atoms with Crippen LogP contribution >= 0.6 is 11.6 Å². The van der Waals surface area contributed by atoms with E-state index in [1.165, 1.54) is 12.1 Å². The lowest BCUT2D eigenvalue weighted by molar-refractivity contribution is -0.117. The molecule has 0 aromatic heterocycles. The number of benzene rings is 3. The molecule has 3 aromatic rings. The molecule has 0 heterocycles. The first kappa shape index (κ1) is 27.2. The maximum atomic E-state index is 13.9. The van der Waals surface area contributed by atoms with Gasteiger partial charge in [-0.15, -0.1) is 0 Å². The fourth-order valence-electron chi connectivity index (χ4n) is 3.98. The normalized spacial score (nSPS) is 11.2.